The molecule has 0 atom stereocenters. The van der Waals surface area contributed by atoms with Crippen LogP contribution in [-0.4, -0.2) is 89.7 Å². The SMILES string of the molecule is COc1cccc(C(=O)NCc2ccc(S(=O)(=O)N3CCC(NCc4c(C)cc(C)cc4C)CC3)s2)c1.COc1cccc(C(=O)NCc2ccc(S(=O)(=O)N3CCC(NCc4ccc(Cl)cc4)CC3)s2)c1. The number of hydrogen-bond donors (Lipinski definition) is 4. The van der Waals surface area contributed by atoms with Gasteiger partial charge in [-0.1, -0.05) is 53.6 Å². The van der Waals surface area contributed by atoms with Gasteiger partial charge in [0.05, 0.1) is 27.3 Å². The van der Waals surface area contributed by atoms with Gasteiger partial charge in [0, 0.05) is 77.3 Å². The summed E-state index contributed by atoms with van der Waals surface area (Å²) in [6.07, 6.45) is 3.05. The summed E-state index contributed by atoms with van der Waals surface area (Å²) in [6.45, 7) is 10.4. The number of aryl methyl sites for hydroxylation is 3. The zero-order valence-electron chi connectivity index (χ0n) is 41.2. The van der Waals surface area contributed by atoms with Crippen LogP contribution in [0.2, 0.25) is 5.02 Å². The first-order valence-corrected chi connectivity index (χ1v) is 28.7. The summed E-state index contributed by atoms with van der Waals surface area (Å²) in [5.74, 6) is 0.736. The number of benzene rings is 4. The highest BCUT2D eigenvalue weighted by Gasteiger charge is 2.32. The highest BCUT2D eigenvalue weighted by atomic mass is 35.5. The van der Waals surface area contributed by atoms with Crippen molar-refractivity contribution in [2.45, 2.75) is 93.1 Å². The van der Waals surface area contributed by atoms with Gasteiger partial charge in [0.15, 0.2) is 0 Å². The van der Waals surface area contributed by atoms with Crippen LogP contribution in [0.25, 0.3) is 0 Å². The minimum atomic E-state index is -3.56. The maximum atomic E-state index is 13.3. The lowest BCUT2D eigenvalue weighted by atomic mass is 9.99. The number of carbonyl (C=O) groups excluding carboxylic acids is 2. The van der Waals surface area contributed by atoms with E-state index < -0.39 is 20.0 Å². The number of amides is 2. The molecule has 384 valence electrons. The molecule has 0 aliphatic carbocycles. The van der Waals surface area contributed by atoms with Crippen molar-refractivity contribution < 1.29 is 35.9 Å². The topological polar surface area (TPSA) is 175 Å². The number of hydrogen-bond acceptors (Lipinski definition) is 12. The molecular formula is C53H63ClN6O8S4. The minimum absolute atomic E-state index is 0.234. The number of carbonyl (C=O) groups is 2. The van der Waals surface area contributed by atoms with Gasteiger partial charge in [-0.2, -0.15) is 8.61 Å². The van der Waals surface area contributed by atoms with E-state index in [-0.39, 0.29) is 37.0 Å². The van der Waals surface area contributed by atoms with Crippen LogP contribution in [0.1, 0.15) is 84.0 Å². The van der Waals surface area contributed by atoms with Gasteiger partial charge in [-0.15, -0.1) is 22.7 Å². The summed E-state index contributed by atoms with van der Waals surface area (Å²) in [6, 6.07) is 33.3. The van der Waals surface area contributed by atoms with E-state index in [1.165, 1.54) is 44.9 Å². The number of rotatable bonds is 18. The molecule has 0 bridgehead atoms. The van der Waals surface area contributed by atoms with Gasteiger partial charge in [-0.05, 0) is 142 Å². The Balaban J connectivity index is 0.000000212. The Hall–Kier alpha value is -5.15. The van der Waals surface area contributed by atoms with Crippen molar-refractivity contribution in [2.24, 2.45) is 0 Å². The van der Waals surface area contributed by atoms with E-state index in [1.807, 2.05) is 24.3 Å². The first-order valence-electron chi connectivity index (χ1n) is 23.8. The van der Waals surface area contributed by atoms with E-state index in [0.717, 1.165) is 54.1 Å². The van der Waals surface area contributed by atoms with Crippen LogP contribution in [0.3, 0.4) is 0 Å². The third kappa shape index (κ3) is 14.5. The Morgan fingerprint density at radius 1 is 0.583 bits per heavy atom. The highest BCUT2D eigenvalue weighted by Crippen LogP contribution is 2.30. The lowest BCUT2D eigenvalue weighted by molar-refractivity contribution is 0.0943. The molecule has 0 radical (unpaired) electrons. The van der Waals surface area contributed by atoms with Crippen LogP contribution < -0.4 is 30.7 Å². The zero-order valence-corrected chi connectivity index (χ0v) is 45.2. The fourth-order valence-electron chi connectivity index (χ4n) is 8.71. The summed E-state index contributed by atoms with van der Waals surface area (Å²) in [4.78, 5) is 26.5. The Morgan fingerprint density at radius 3 is 1.44 bits per heavy atom. The van der Waals surface area contributed by atoms with Crippen molar-refractivity contribution >= 4 is 66.1 Å². The van der Waals surface area contributed by atoms with E-state index >= 15 is 0 Å². The number of halogens is 1. The number of thiophene rings is 2. The van der Waals surface area contributed by atoms with Crippen LogP contribution in [0.5, 0.6) is 11.5 Å². The smallest absolute Gasteiger partial charge is 0.252 e. The van der Waals surface area contributed by atoms with Gasteiger partial charge >= 0.3 is 0 Å². The molecule has 6 aromatic rings. The van der Waals surface area contributed by atoms with Crippen LogP contribution in [0.4, 0.5) is 0 Å². The second-order valence-electron chi connectivity index (χ2n) is 17.9. The Morgan fingerprint density at radius 2 is 1.01 bits per heavy atom. The lowest BCUT2D eigenvalue weighted by Gasteiger charge is -2.31. The maximum absolute atomic E-state index is 13.3. The van der Waals surface area contributed by atoms with E-state index in [4.69, 9.17) is 21.1 Å². The third-order valence-corrected chi connectivity index (χ3v) is 20.0. The molecule has 19 heteroatoms. The standard InChI is InChI=1S/C28H35N3O4S2.C25H28ClN3O4S2/c1-19-14-20(2)26(21(3)15-19)18-29-23-10-12-31(13-11-23)37(33,34)27-9-8-25(36-27)17-30-28(32)22-6-5-7-24(16-22)35-4;1-33-22-4-2-3-19(15-22)25(30)28-17-23-9-10-24(34-23)35(31,32)29-13-11-21(12-14-29)27-16-18-5-7-20(26)8-6-18/h5-9,14-16,23,29H,10-13,17-18H2,1-4H3,(H,30,32);2-10,15,21,27H,11-14,16-17H2,1H3,(H,28,30). The average molecular weight is 1080 g/mol. The van der Waals surface area contributed by atoms with Gasteiger partial charge < -0.3 is 30.7 Å². The highest BCUT2D eigenvalue weighted by molar-refractivity contribution is 7.91. The predicted octanol–water partition coefficient (Wildman–Crippen LogP) is 8.84. The van der Waals surface area contributed by atoms with Crippen molar-refractivity contribution in [3.63, 3.8) is 0 Å². The molecule has 2 aromatic heterocycles. The van der Waals surface area contributed by atoms with Gasteiger partial charge in [0.2, 0.25) is 0 Å². The summed E-state index contributed by atoms with van der Waals surface area (Å²) in [7, 11) is -4.01. The number of nitrogens with zero attached hydrogens (tertiary/aromatic N) is 2. The number of piperidine rings is 2. The second kappa shape index (κ2) is 25.2. The Labute approximate surface area is 437 Å². The molecule has 72 heavy (non-hydrogen) atoms. The quantitative estimate of drug-likeness (QED) is 0.0651. The molecule has 2 saturated heterocycles. The van der Waals surface area contributed by atoms with Gasteiger partial charge in [0.1, 0.15) is 19.9 Å². The molecule has 2 amide bonds. The van der Waals surface area contributed by atoms with Gasteiger partial charge in [-0.25, -0.2) is 16.8 Å². The molecule has 0 saturated carbocycles. The van der Waals surface area contributed by atoms with E-state index in [1.54, 1.807) is 95.6 Å². The van der Waals surface area contributed by atoms with Crippen molar-refractivity contribution in [2.75, 3.05) is 40.4 Å². The maximum Gasteiger partial charge on any atom is 0.252 e. The average Bonchev–Trinajstić information content (AvgIpc) is 4.09. The van der Waals surface area contributed by atoms with E-state index in [2.05, 4.69) is 54.2 Å². The van der Waals surface area contributed by atoms with Crippen LogP contribution in [0.15, 0.2) is 118 Å². The van der Waals surface area contributed by atoms with Gasteiger partial charge in [-0.3, -0.25) is 9.59 Å². The molecular weight excluding hydrogens is 1010 g/mol. The summed E-state index contributed by atoms with van der Waals surface area (Å²) in [5.41, 5.74) is 7.30. The number of methoxy groups -OCH3 is 2. The molecule has 2 fully saturated rings. The van der Waals surface area contributed by atoms with Crippen LogP contribution in [0, 0.1) is 20.8 Å². The number of ether oxygens (including phenoxy) is 2. The van der Waals surface area contributed by atoms with Crippen LogP contribution >= 0.6 is 34.3 Å². The largest absolute Gasteiger partial charge is 0.497 e. The predicted molar refractivity (Wildman–Crippen MR) is 286 cm³/mol. The van der Waals surface area contributed by atoms with E-state index in [0.29, 0.717) is 62.2 Å². The minimum Gasteiger partial charge on any atom is -0.497 e. The first kappa shape index (κ1) is 54.6. The number of sulfonamides is 2. The monoisotopic (exact) mass is 1070 g/mol. The van der Waals surface area contributed by atoms with Crippen LogP contribution in [-0.2, 0) is 46.2 Å². The zero-order chi connectivity index (χ0) is 51.4. The molecule has 2 aliphatic heterocycles. The van der Waals surface area contributed by atoms with Crippen molar-refractivity contribution in [1.82, 2.24) is 29.9 Å². The first-order chi connectivity index (χ1) is 34.5. The molecule has 4 heterocycles. The number of nitrogens with one attached hydrogen (secondary N) is 4. The fraction of sp³-hybridized carbons (Fsp3) is 0.358. The normalized spacial score (nSPS) is 15.1. The molecule has 4 N–H and O–H groups in total. The summed E-state index contributed by atoms with van der Waals surface area (Å²) >= 11 is 8.33. The lowest BCUT2D eigenvalue weighted by Crippen LogP contribution is -2.44. The second-order valence-corrected chi connectivity index (χ2v) is 25.0. The Bertz CT molecular complexity index is 3000. The van der Waals surface area contributed by atoms with Crippen molar-refractivity contribution in [1.29, 1.82) is 0 Å². The van der Waals surface area contributed by atoms with E-state index in [9.17, 15) is 26.4 Å². The molecule has 0 spiro atoms. The summed E-state index contributed by atoms with van der Waals surface area (Å²) in [5, 5.41) is 13.6. The Kier molecular flexibility index (Phi) is 19.1. The molecule has 4 aromatic carbocycles. The summed E-state index contributed by atoms with van der Waals surface area (Å²) < 4.78 is 66.9. The van der Waals surface area contributed by atoms with Crippen molar-refractivity contribution in [3.05, 3.63) is 163 Å². The fourth-order valence-corrected chi connectivity index (χ4v) is 14.7. The molecule has 0 unspecified atom stereocenters. The molecule has 8 rings (SSSR count). The molecule has 2 aliphatic rings. The molecule has 14 nitrogen and oxygen atoms in total. The van der Waals surface area contributed by atoms with Gasteiger partial charge in [0.25, 0.3) is 31.9 Å². The van der Waals surface area contributed by atoms with Crippen molar-refractivity contribution in [3.8, 4) is 11.5 Å². The third-order valence-electron chi connectivity index (χ3n) is 12.8.